The van der Waals surface area contributed by atoms with E-state index < -0.39 is 0 Å². The monoisotopic (exact) mass is 292 g/mol. The summed E-state index contributed by atoms with van der Waals surface area (Å²) in [5.74, 6) is 2.78. The number of hydrogen-bond donors (Lipinski definition) is 1. The van der Waals surface area contributed by atoms with Crippen LogP contribution < -0.4 is 5.32 Å². The van der Waals surface area contributed by atoms with Crippen LogP contribution in [-0.2, 0) is 9.53 Å². The first-order chi connectivity index (χ1) is 10.1. The van der Waals surface area contributed by atoms with Crippen LogP contribution in [0.4, 0.5) is 0 Å². The summed E-state index contributed by atoms with van der Waals surface area (Å²) < 4.78 is 11.2. The summed E-state index contributed by atoms with van der Waals surface area (Å²) in [6.45, 7) is 7.91. The molecule has 2 aliphatic rings. The van der Waals surface area contributed by atoms with Gasteiger partial charge in [-0.3, -0.25) is 9.69 Å². The van der Waals surface area contributed by atoms with Gasteiger partial charge in [0, 0.05) is 25.6 Å². The minimum absolute atomic E-state index is 0.0978. The number of aryl methyl sites for hydroxylation is 1. The van der Waals surface area contributed by atoms with Gasteiger partial charge in [-0.2, -0.15) is 0 Å². The molecule has 3 rings (SSSR count). The average molecular weight is 292 g/mol. The molecule has 0 aromatic carbocycles. The Morgan fingerprint density at radius 2 is 2.14 bits per heavy atom. The van der Waals surface area contributed by atoms with Gasteiger partial charge in [-0.1, -0.05) is 6.92 Å². The molecule has 1 aromatic rings. The number of nitrogens with zero attached hydrogens (tertiary/aromatic N) is 1. The zero-order valence-corrected chi connectivity index (χ0v) is 12.8. The molecule has 1 saturated heterocycles. The Morgan fingerprint density at radius 1 is 1.43 bits per heavy atom. The van der Waals surface area contributed by atoms with Gasteiger partial charge in [0.15, 0.2) is 0 Å². The van der Waals surface area contributed by atoms with E-state index in [1.54, 1.807) is 0 Å². The van der Waals surface area contributed by atoms with E-state index in [2.05, 4.69) is 17.1 Å². The quantitative estimate of drug-likeness (QED) is 0.898. The number of ether oxygens (including phenoxy) is 1. The van der Waals surface area contributed by atoms with E-state index in [4.69, 9.17) is 9.15 Å². The molecule has 1 saturated carbocycles. The lowest BCUT2D eigenvalue weighted by Gasteiger charge is -2.33. The average Bonchev–Trinajstić information content (AvgIpc) is 3.07. The van der Waals surface area contributed by atoms with E-state index in [0.717, 1.165) is 44.2 Å². The number of morpholine rings is 1. The zero-order valence-electron chi connectivity index (χ0n) is 12.8. The van der Waals surface area contributed by atoms with Crippen LogP contribution >= 0.6 is 0 Å². The summed E-state index contributed by atoms with van der Waals surface area (Å²) in [5, 5.41) is 3.10. The minimum atomic E-state index is 0.0978. The van der Waals surface area contributed by atoms with E-state index in [-0.39, 0.29) is 17.9 Å². The van der Waals surface area contributed by atoms with E-state index in [0.29, 0.717) is 12.5 Å². The Balaban J connectivity index is 1.65. The van der Waals surface area contributed by atoms with Crippen LogP contribution in [0.2, 0.25) is 0 Å². The van der Waals surface area contributed by atoms with Crippen molar-refractivity contribution < 1.29 is 13.9 Å². The van der Waals surface area contributed by atoms with Gasteiger partial charge in [0.1, 0.15) is 11.5 Å². The maximum absolute atomic E-state index is 12.1. The van der Waals surface area contributed by atoms with Gasteiger partial charge in [-0.05, 0) is 31.4 Å². The summed E-state index contributed by atoms with van der Waals surface area (Å²) in [6.07, 6.45) is 1.02. The Hall–Kier alpha value is -1.33. The molecule has 2 heterocycles. The molecule has 3 atom stereocenters. The highest BCUT2D eigenvalue weighted by atomic mass is 16.5. The number of nitrogens with one attached hydrogen (secondary N) is 1. The number of carbonyl (C=O) groups excluding carboxylic acids is 1. The van der Waals surface area contributed by atoms with Gasteiger partial charge in [-0.15, -0.1) is 0 Å². The fourth-order valence-electron chi connectivity index (χ4n) is 2.95. The number of amides is 1. The third kappa shape index (κ3) is 3.47. The van der Waals surface area contributed by atoms with E-state index in [1.807, 2.05) is 19.1 Å². The van der Waals surface area contributed by atoms with Crippen molar-refractivity contribution in [1.29, 1.82) is 0 Å². The Labute approximate surface area is 125 Å². The van der Waals surface area contributed by atoms with Gasteiger partial charge >= 0.3 is 0 Å². The van der Waals surface area contributed by atoms with Crippen LogP contribution in [-0.4, -0.2) is 43.7 Å². The molecule has 5 nitrogen and oxygen atoms in total. The molecule has 116 valence electrons. The van der Waals surface area contributed by atoms with Crippen LogP contribution in [0.5, 0.6) is 0 Å². The molecule has 2 fully saturated rings. The van der Waals surface area contributed by atoms with Crippen molar-refractivity contribution in [2.45, 2.75) is 26.3 Å². The molecule has 3 unspecified atom stereocenters. The topological polar surface area (TPSA) is 54.7 Å². The van der Waals surface area contributed by atoms with Crippen LogP contribution in [0.3, 0.4) is 0 Å². The first kappa shape index (κ1) is 14.6. The summed E-state index contributed by atoms with van der Waals surface area (Å²) in [7, 11) is 0. The lowest BCUT2D eigenvalue weighted by molar-refractivity contribution is -0.123. The van der Waals surface area contributed by atoms with E-state index in [9.17, 15) is 4.79 Å². The minimum Gasteiger partial charge on any atom is -0.465 e. The summed E-state index contributed by atoms with van der Waals surface area (Å²) >= 11 is 0. The predicted octanol–water partition coefficient (Wildman–Crippen LogP) is 1.73. The molecular weight excluding hydrogens is 268 g/mol. The van der Waals surface area contributed by atoms with Crippen molar-refractivity contribution in [3.63, 3.8) is 0 Å². The van der Waals surface area contributed by atoms with Crippen LogP contribution in [0.15, 0.2) is 16.5 Å². The second kappa shape index (κ2) is 6.20. The smallest absolute Gasteiger partial charge is 0.223 e. The van der Waals surface area contributed by atoms with Gasteiger partial charge < -0.3 is 14.5 Å². The van der Waals surface area contributed by atoms with Gasteiger partial charge in [0.2, 0.25) is 5.91 Å². The first-order valence-corrected chi connectivity index (χ1v) is 7.81. The van der Waals surface area contributed by atoms with Crippen molar-refractivity contribution in [1.82, 2.24) is 10.2 Å². The van der Waals surface area contributed by atoms with Gasteiger partial charge in [-0.25, -0.2) is 0 Å². The van der Waals surface area contributed by atoms with Crippen LogP contribution in [0, 0.1) is 18.8 Å². The lowest BCUT2D eigenvalue weighted by atomic mass is 10.1. The van der Waals surface area contributed by atoms with Crippen molar-refractivity contribution in [3.05, 3.63) is 23.7 Å². The Morgan fingerprint density at radius 3 is 2.71 bits per heavy atom. The molecule has 0 radical (unpaired) electrons. The molecule has 1 aliphatic carbocycles. The van der Waals surface area contributed by atoms with Gasteiger partial charge in [0.25, 0.3) is 0 Å². The van der Waals surface area contributed by atoms with Crippen molar-refractivity contribution in [3.8, 4) is 0 Å². The molecule has 1 N–H and O–H groups in total. The fraction of sp³-hybridized carbons (Fsp3) is 0.688. The van der Waals surface area contributed by atoms with Crippen molar-refractivity contribution in [2.24, 2.45) is 11.8 Å². The predicted molar refractivity (Wildman–Crippen MR) is 78.9 cm³/mol. The second-order valence-electron chi connectivity index (χ2n) is 6.18. The SMILES string of the molecule is Cc1ccc(C(CNC(=O)C2CC2C)N2CCOCC2)o1. The molecule has 1 amide bonds. The molecule has 21 heavy (non-hydrogen) atoms. The summed E-state index contributed by atoms with van der Waals surface area (Å²) in [6, 6.07) is 4.09. The number of rotatable bonds is 5. The first-order valence-electron chi connectivity index (χ1n) is 7.81. The Bertz CT molecular complexity index is 493. The highest BCUT2D eigenvalue weighted by Gasteiger charge is 2.39. The highest BCUT2D eigenvalue weighted by molar-refractivity contribution is 5.81. The molecule has 0 spiro atoms. The second-order valence-corrected chi connectivity index (χ2v) is 6.18. The summed E-state index contributed by atoms with van der Waals surface area (Å²) in [5.41, 5.74) is 0. The third-order valence-corrected chi connectivity index (χ3v) is 4.49. The number of carbonyl (C=O) groups is 1. The number of hydrogen-bond acceptors (Lipinski definition) is 4. The Kier molecular flexibility index (Phi) is 4.31. The molecule has 0 bridgehead atoms. The lowest BCUT2D eigenvalue weighted by Crippen LogP contribution is -2.44. The molecule has 5 heteroatoms. The highest BCUT2D eigenvalue weighted by Crippen LogP contribution is 2.37. The van der Waals surface area contributed by atoms with Crippen LogP contribution in [0.1, 0.15) is 30.9 Å². The van der Waals surface area contributed by atoms with Crippen molar-refractivity contribution >= 4 is 5.91 Å². The third-order valence-electron chi connectivity index (χ3n) is 4.49. The van der Waals surface area contributed by atoms with Crippen LogP contribution in [0.25, 0.3) is 0 Å². The van der Waals surface area contributed by atoms with E-state index in [1.165, 1.54) is 0 Å². The largest absolute Gasteiger partial charge is 0.465 e. The van der Waals surface area contributed by atoms with Crippen molar-refractivity contribution in [2.75, 3.05) is 32.8 Å². The molecule has 1 aromatic heterocycles. The molecular formula is C16H24N2O3. The maximum Gasteiger partial charge on any atom is 0.223 e. The summed E-state index contributed by atoms with van der Waals surface area (Å²) in [4.78, 5) is 14.4. The molecule has 1 aliphatic heterocycles. The van der Waals surface area contributed by atoms with Gasteiger partial charge in [0.05, 0.1) is 19.3 Å². The standard InChI is InChI=1S/C16H24N2O3/c1-11-9-13(11)16(19)17-10-14(15-4-3-12(2)21-15)18-5-7-20-8-6-18/h3-4,11,13-14H,5-10H2,1-2H3,(H,17,19). The maximum atomic E-state index is 12.1. The zero-order chi connectivity index (χ0) is 14.8. The fourth-order valence-corrected chi connectivity index (χ4v) is 2.95. The van der Waals surface area contributed by atoms with E-state index >= 15 is 0 Å². The number of furan rings is 1. The normalized spacial score (nSPS) is 27.3.